The van der Waals surface area contributed by atoms with Gasteiger partial charge in [-0.15, -0.1) is 11.3 Å². The average molecular weight is 278 g/mol. The molecule has 19 heavy (non-hydrogen) atoms. The number of hydrogen-bond acceptors (Lipinski definition) is 3. The average Bonchev–Trinajstić information content (AvgIpc) is 3.03. The van der Waals surface area contributed by atoms with Crippen LogP contribution in [-0.4, -0.2) is 10.9 Å². The van der Waals surface area contributed by atoms with Gasteiger partial charge in [0.2, 0.25) is 5.91 Å². The van der Waals surface area contributed by atoms with Gasteiger partial charge in [-0.05, 0) is 42.9 Å². The van der Waals surface area contributed by atoms with Gasteiger partial charge in [0, 0.05) is 11.8 Å². The van der Waals surface area contributed by atoms with Gasteiger partial charge in [-0.3, -0.25) is 4.79 Å². The highest BCUT2D eigenvalue weighted by Crippen LogP contribution is 2.49. The van der Waals surface area contributed by atoms with E-state index in [4.69, 9.17) is 0 Å². The van der Waals surface area contributed by atoms with Crippen molar-refractivity contribution in [2.75, 3.05) is 5.32 Å². The molecule has 2 bridgehead atoms. The maximum Gasteiger partial charge on any atom is 0.226 e. The maximum absolute atomic E-state index is 12.1. The SMILES string of the molecule is CC(C)c1csc(NC(=O)CC2CC3CCC2C3)n1. The molecule has 0 aliphatic heterocycles. The number of carbonyl (C=O) groups excluding carboxylic acids is 1. The molecule has 0 spiro atoms. The van der Waals surface area contributed by atoms with Crippen LogP contribution in [0.3, 0.4) is 0 Å². The molecule has 2 saturated carbocycles. The van der Waals surface area contributed by atoms with Crippen LogP contribution in [0, 0.1) is 17.8 Å². The summed E-state index contributed by atoms with van der Waals surface area (Å²) in [5.41, 5.74) is 1.07. The molecule has 0 saturated heterocycles. The van der Waals surface area contributed by atoms with Gasteiger partial charge in [0.1, 0.15) is 0 Å². The molecule has 1 N–H and O–H groups in total. The van der Waals surface area contributed by atoms with Crippen molar-refractivity contribution in [3.63, 3.8) is 0 Å². The van der Waals surface area contributed by atoms with Crippen molar-refractivity contribution < 1.29 is 4.79 Å². The van der Waals surface area contributed by atoms with Crippen LogP contribution in [0.4, 0.5) is 5.13 Å². The molecule has 3 nitrogen and oxygen atoms in total. The van der Waals surface area contributed by atoms with E-state index in [1.807, 2.05) is 5.38 Å². The van der Waals surface area contributed by atoms with Crippen LogP contribution in [-0.2, 0) is 4.79 Å². The lowest BCUT2D eigenvalue weighted by Gasteiger charge is -2.20. The summed E-state index contributed by atoms with van der Waals surface area (Å²) in [6, 6.07) is 0. The Morgan fingerprint density at radius 3 is 2.89 bits per heavy atom. The van der Waals surface area contributed by atoms with E-state index in [9.17, 15) is 4.79 Å². The Balaban J connectivity index is 1.53. The van der Waals surface area contributed by atoms with Crippen molar-refractivity contribution in [2.24, 2.45) is 17.8 Å². The van der Waals surface area contributed by atoms with Gasteiger partial charge in [-0.1, -0.05) is 20.3 Å². The monoisotopic (exact) mass is 278 g/mol. The zero-order chi connectivity index (χ0) is 13.4. The number of anilines is 1. The number of thiazole rings is 1. The molecule has 2 aliphatic carbocycles. The summed E-state index contributed by atoms with van der Waals surface area (Å²) >= 11 is 1.54. The standard InChI is InChI=1S/C15H22N2OS/c1-9(2)13-8-19-15(16-13)17-14(18)7-12-6-10-3-4-11(12)5-10/h8-12H,3-7H2,1-2H3,(H,16,17,18). The number of rotatable bonds is 4. The van der Waals surface area contributed by atoms with Crippen LogP contribution in [0.15, 0.2) is 5.38 Å². The van der Waals surface area contributed by atoms with Crippen LogP contribution in [0.1, 0.15) is 57.6 Å². The second kappa shape index (κ2) is 5.23. The fourth-order valence-electron chi connectivity index (χ4n) is 3.64. The van der Waals surface area contributed by atoms with E-state index < -0.39 is 0 Å². The Morgan fingerprint density at radius 2 is 2.32 bits per heavy atom. The minimum absolute atomic E-state index is 0.155. The van der Waals surface area contributed by atoms with E-state index in [1.165, 1.54) is 37.0 Å². The molecule has 0 aromatic carbocycles. The molecule has 3 atom stereocenters. The Hall–Kier alpha value is -0.900. The van der Waals surface area contributed by atoms with Crippen molar-refractivity contribution >= 4 is 22.4 Å². The summed E-state index contributed by atoms with van der Waals surface area (Å²) in [5.74, 6) is 2.94. The number of hydrogen-bond donors (Lipinski definition) is 1. The Labute approximate surface area is 118 Å². The fraction of sp³-hybridized carbons (Fsp3) is 0.733. The minimum Gasteiger partial charge on any atom is -0.302 e. The van der Waals surface area contributed by atoms with Crippen molar-refractivity contribution in [2.45, 2.75) is 51.9 Å². The summed E-state index contributed by atoms with van der Waals surface area (Å²) in [6.07, 6.45) is 6.07. The van der Waals surface area contributed by atoms with Gasteiger partial charge < -0.3 is 5.32 Å². The number of aromatic nitrogens is 1. The highest BCUT2D eigenvalue weighted by atomic mass is 32.1. The lowest BCUT2D eigenvalue weighted by molar-refractivity contribution is -0.117. The van der Waals surface area contributed by atoms with E-state index in [0.717, 1.165) is 22.7 Å². The highest BCUT2D eigenvalue weighted by Gasteiger charge is 2.40. The molecule has 2 aliphatic rings. The lowest BCUT2D eigenvalue weighted by Crippen LogP contribution is -2.20. The second-order valence-corrected chi connectivity index (χ2v) is 7.28. The second-order valence-electron chi connectivity index (χ2n) is 6.42. The van der Waals surface area contributed by atoms with E-state index in [2.05, 4.69) is 24.1 Å². The van der Waals surface area contributed by atoms with Crippen molar-refractivity contribution in [1.29, 1.82) is 0 Å². The first kappa shape index (κ1) is 13.1. The lowest BCUT2D eigenvalue weighted by atomic mass is 9.86. The first-order valence-electron chi connectivity index (χ1n) is 7.37. The molecule has 1 aromatic rings. The molecule has 3 unspecified atom stereocenters. The largest absolute Gasteiger partial charge is 0.302 e. The fourth-order valence-corrected chi connectivity index (χ4v) is 4.53. The number of carbonyl (C=O) groups is 1. The van der Waals surface area contributed by atoms with Crippen LogP contribution in [0.25, 0.3) is 0 Å². The molecular weight excluding hydrogens is 256 g/mol. The quantitative estimate of drug-likeness (QED) is 0.903. The summed E-state index contributed by atoms with van der Waals surface area (Å²) in [4.78, 5) is 16.5. The third kappa shape index (κ3) is 2.83. The predicted octanol–water partition coefficient (Wildman–Crippen LogP) is 4.03. The normalized spacial score (nSPS) is 29.1. The van der Waals surface area contributed by atoms with Crippen LogP contribution >= 0.6 is 11.3 Å². The smallest absolute Gasteiger partial charge is 0.226 e. The molecule has 1 amide bonds. The van der Waals surface area contributed by atoms with Gasteiger partial charge in [0.05, 0.1) is 5.69 Å². The minimum atomic E-state index is 0.155. The van der Waals surface area contributed by atoms with Crippen LogP contribution in [0.5, 0.6) is 0 Å². The van der Waals surface area contributed by atoms with Gasteiger partial charge in [-0.2, -0.15) is 0 Å². The Bertz CT molecular complexity index is 468. The third-order valence-electron chi connectivity index (χ3n) is 4.69. The van der Waals surface area contributed by atoms with E-state index in [-0.39, 0.29) is 5.91 Å². The topological polar surface area (TPSA) is 42.0 Å². The first-order valence-corrected chi connectivity index (χ1v) is 8.25. The molecule has 1 aromatic heterocycles. The Kier molecular flexibility index (Phi) is 3.61. The summed E-state index contributed by atoms with van der Waals surface area (Å²) in [7, 11) is 0. The molecular formula is C15H22N2OS. The molecule has 0 radical (unpaired) electrons. The van der Waals surface area contributed by atoms with E-state index in [1.54, 1.807) is 0 Å². The third-order valence-corrected chi connectivity index (χ3v) is 5.47. The zero-order valence-corrected chi connectivity index (χ0v) is 12.5. The van der Waals surface area contributed by atoms with Gasteiger partial charge in [0.25, 0.3) is 0 Å². The summed E-state index contributed by atoms with van der Waals surface area (Å²) in [6.45, 7) is 4.24. The van der Waals surface area contributed by atoms with Crippen LogP contribution in [0.2, 0.25) is 0 Å². The number of fused-ring (bicyclic) bond motifs is 2. The Morgan fingerprint density at radius 1 is 1.47 bits per heavy atom. The maximum atomic E-state index is 12.1. The zero-order valence-electron chi connectivity index (χ0n) is 11.7. The molecule has 4 heteroatoms. The van der Waals surface area contributed by atoms with Crippen molar-refractivity contribution in [1.82, 2.24) is 4.98 Å². The van der Waals surface area contributed by atoms with Gasteiger partial charge >= 0.3 is 0 Å². The first-order chi connectivity index (χ1) is 9.11. The molecule has 104 valence electrons. The van der Waals surface area contributed by atoms with Crippen molar-refractivity contribution in [3.8, 4) is 0 Å². The van der Waals surface area contributed by atoms with Crippen molar-refractivity contribution in [3.05, 3.63) is 11.1 Å². The van der Waals surface area contributed by atoms with E-state index in [0.29, 0.717) is 18.3 Å². The predicted molar refractivity (Wildman–Crippen MR) is 78.4 cm³/mol. The van der Waals surface area contributed by atoms with Gasteiger partial charge in [-0.25, -0.2) is 4.98 Å². The molecule has 2 fully saturated rings. The molecule has 1 heterocycles. The van der Waals surface area contributed by atoms with E-state index >= 15 is 0 Å². The highest BCUT2D eigenvalue weighted by molar-refractivity contribution is 7.13. The van der Waals surface area contributed by atoms with Crippen LogP contribution < -0.4 is 5.32 Å². The summed E-state index contributed by atoms with van der Waals surface area (Å²) < 4.78 is 0. The number of nitrogens with zero attached hydrogens (tertiary/aromatic N) is 1. The van der Waals surface area contributed by atoms with Gasteiger partial charge in [0.15, 0.2) is 5.13 Å². The summed E-state index contributed by atoms with van der Waals surface area (Å²) in [5, 5.41) is 5.77. The number of amides is 1. The number of nitrogens with one attached hydrogen (secondary N) is 1. The molecule has 3 rings (SSSR count).